The second-order valence-corrected chi connectivity index (χ2v) is 8.37. The number of hydrazone groups is 1. The maximum atomic E-state index is 9.68. The summed E-state index contributed by atoms with van der Waals surface area (Å²) in [6.07, 6.45) is 20.4. The van der Waals surface area contributed by atoms with E-state index in [1.54, 1.807) is 6.07 Å². The molecule has 0 atom stereocenters. The molecule has 0 aliphatic rings. The number of hydrogen-bond acceptors (Lipinski definition) is 4. The van der Waals surface area contributed by atoms with Crippen LogP contribution in [0.5, 0.6) is 11.5 Å². The Morgan fingerprint density at radius 1 is 0.867 bits per heavy atom. The maximum Gasteiger partial charge on any atom is 0.186 e. The van der Waals surface area contributed by atoms with E-state index in [2.05, 4.69) is 22.8 Å². The fourth-order valence-corrected chi connectivity index (χ4v) is 3.52. The lowest BCUT2D eigenvalue weighted by Crippen LogP contribution is -2.32. The van der Waals surface area contributed by atoms with Gasteiger partial charge >= 0.3 is 0 Å². The highest BCUT2D eigenvalue weighted by Crippen LogP contribution is 2.20. The zero-order valence-electron chi connectivity index (χ0n) is 18.7. The number of phenols is 2. The number of unbranched alkanes of at least 4 members (excludes halogenated alkanes) is 13. The number of thiocarbonyl (C=S) groups is 1. The minimum atomic E-state index is -0.0261. The molecule has 1 rings (SSSR count). The van der Waals surface area contributed by atoms with Crippen LogP contribution in [0.1, 0.15) is 102 Å². The van der Waals surface area contributed by atoms with E-state index in [-0.39, 0.29) is 11.5 Å². The fraction of sp³-hybridized carbons (Fsp3) is 0.667. The Morgan fingerprint density at radius 2 is 1.40 bits per heavy atom. The highest BCUT2D eigenvalue weighted by molar-refractivity contribution is 7.80. The van der Waals surface area contributed by atoms with E-state index >= 15 is 0 Å². The third-order valence-electron chi connectivity index (χ3n) is 5.20. The normalized spacial score (nSPS) is 11.1. The molecule has 0 saturated carbocycles. The standard InChI is InChI=1S/C24H41N3O2S/c1-2-3-4-5-6-7-8-9-10-11-12-13-14-15-18-25-24(30)27-26-20-21-16-17-22(28)19-23(21)29/h16-17,19-20,28-29H,2-15,18H2,1H3,(H2,25,27,30)/b26-20+. The molecule has 0 spiro atoms. The van der Waals surface area contributed by atoms with Gasteiger partial charge in [0.2, 0.25) is 0 Å². The molecule has 0 saturated heterocycles. The number of phenolic OH excluding ortho intramolecular Hbond substituents is 2. The molecule has 30 heavy (non-hydrogen) atoms. The first-order valence-corrected chi connectivity index (χ1v) is 12.1. The summed E-state index contributed by atoms with van der Waals surface area (Å²) in [6, 6.07) is 4.35. The van der Waals surface area contributed by atoms with Gasteiger partial charge in [0, 0.05) is 18.2 Å². The lowest BCUT2D eigenvalue weighted by Gasteiger charge is -2.07. The number of nitrogens with one attached hydrogen (secondary N) is 2. The Bertz CT molecular complexity index is 608. The second-order valence-electron chi connectivity index (χ2n) is 7.97. The van der Waals surface area contributed by atoms with Gasteiger partial charge in [0.05, 0.1) is 6.21 Å². The molecule has 0 aliphatic heterocycles. The summed E-state index contributed by atoms with van der Waals surface area (Å²) in [5.41, 5.74) is 3.25. The van der Waals surface area contributed by atoms with E-state index < -0.39 is 0 Å². The van der Waals surface area contributed by atoms with Crippen molar-refractivity contribution in [2.24, 2.45) is 5.10 Å². The quantitative estimate of drug-likeness (QED) is 0.0989. The van der Waals surface area contributed by atoms with Gasteiger partial charge in [0.25, 0.3) is 0 Å². The Morgan fingerprint density at radius 3 is 1.93 bits per heavy atom. The monoisotopic (exact) mass is 435 g/mol. The van der Waals surface area contributed by atoms with Crippen LogP contribution in [0.4, 0.5) is 0 Å². The van der Waals surface area contributed by atoms with Gasteiger partial charge in [-0.25, -0.2) is 0 Å². The molecule has 1 aromatic carbocycles. The van der Waals surface area contributed by atoms with Crippen molar-refractivity contribution in [1.82, 2.24) is 10.7 Å². The number of nitrogens with zero attached hydrogens (tertiary/aromatic N) is 1. The van der Waals surface area contributed by atoms with Crippen molar-refractivity contribution in [3.63, 3.8) is 0 Å². The Kier molecular flexibility index (Phi) is 15.7. The van der Waals surface area contributed by atoms with Crippen LogP contribution in [0, 0.1) is 0 Å². The van der Waals surface area contributed by atoms with Crippen molar-refractivity contribution in [2.75, 3.05) is 6.54 Å². The van der Waals surface area contributed by atoms with Crippen LogP contribution in [0.3, 0.4) is 0 Å². The minimum Gasteiger partial charge on any atom is -0.508 e. The molecule has 6 heteroatoms. The van der Waals surface area contributed by atoms with Crippen LogP contribution in [0.15, 0.2) is 23.3 Å². The van der Waals surface area contributed by atoms with E-state index in [0.29, 0.717) is 10.7 Å². The van der Waals surface area contributed by atoms with Gasteiger partial charge in [-0.15, -0.1) is 0 Å². The third kappa shape index (κ3) is 14.2. The first-order valence-electron chi connectivity index (χ1n) is 11.7. The third-order valence-corrected chi connectivity index (χ3v) is 5.44. The lowest BCUT2D eigenvalue weighted by molar-refractivity contribution is 0.450. The fourth-order valence-electron chi connectivity index (χ4n) is 3.36. The van der Waals surface area contributed by atoms with Crippen molar-refractivity contribution in [3.8, 4) is 11.5 Å². The van der Waals surface area contributed by atoms with Crippen molar-refractivity contribution in [3.05, 3.63) is 23.8 Å². The number of aromatic hydroxyl groups is 2. The van der Waals surface area contributed by atoms with E-state index in [1.807, 2.05) is 0 Å². The molecule has 0 amide bonds. The predicted octanol–water partition coefficient (Wildman–Crippen LogP) is 6.38. The van der Waals surface area contributed by atoms with Crippen LogP contribution in [0.25, 0.3) is 0 Å². The van der Waals surface area contributed by atoms with Gasteiger partial charge in [-0.3, -0.25) is 5.43 Å². The number of rotatable bonds is 17. The molecule has 0 aromatic heterocycles. The molecule has 0 bridgehead atoms. The zero-order valence-corrected chi connectivity index (χ0v) is 19.5. The van der Waals surface area contributed by atoms with Gasteiger partial charge in [-0.1, -0.05) is 90.4 Å². The maximum absolute atomic E-state index is 9.68. The summed E-state index contributed by atoms with van der Waals surface area (Å²) < 4.78 is 0. The predicted molar refractivity (Wildman–Crippen MR) is 131 cm³/mol. The van der Waals surface area contributed by atoms with Gasteiger partial charge in [-0.05, 0) is 30.8 Å². The molecule has 0 radical (unpaired) electrons. The smallest absolute Gasteiger partial charge is 0.186 e. The van der Waals surface area contributed by atoms with Crippen molar-refractivity contribution in [2.45, 2.75) is 96.8 Å². The molecule has 0 aliphatic carbocycles. The Balaban J connectivity index is 1.88. The highest BCUT2D eigenvalue weighted by Gasteiger charge is 1.99. The topological polar surface area (TPSA) is 76.9 Å². The second kappa shape index (κ2) is 18.0. The Hall–Kier alpha value is -1.82. The number of benzene rings is 1. The van der Waals surface area contributed by atoms with Crippen LogP contribution in [0.2, 0.25) is 0 Å². The largest absolute Gasteiger partial charge is 0.508 e. The lowest BCUT2D eigenvalue weighted by atomic mass is 10.0. The molecule has 1 aromatic rings. The van der Waals surface area contributed by atoms with Crippen LogP contribution in [-0.2, 0) is 0 Å². The van der Waals surface area contributed by atoms with Crippen molar-refractivity contribution < 1.29 is 10.2 Å². The summed E-state index contributed by atoms with van der Waals surface area (Å²) in [7, 11) is 0. The average molecular weight is 436 g/mol. The summed E-state index contributed by atoms with van der Waals surface area (Å²) in [6.45, 7) is 3.11. The first kappa shape index (κ1) is 26.2. The zero-order chi connectivity index (χ0) is 21.9. The molecular weight excluding hydrogens is 394 g/mol. The van der Waals surface area contributed by atoms with Gasteiger partial charge in [0.15, 0.2) is 5.11 Å². The average Bonchev–Trinajstić information content (AvgIpc) is 2.72. The van der Waals surface area contributed by atoms with E-state index in [4.69, 9.17) is 12.2 Å². The minimum absolute atomic E-state index is 0.0166. The summed E-state index contributed by atoms with van der Waals surface area (Å²) in [5, 5.41) is 26.6. The van der Waals surface area contributed by atoms with Crippen LogP contribution < -0.4 is 10.7 Å². The van der Waals surface area contributed by atoms with E-state index in [1.165, 1.54) is 102 Å². The highest BCUT2D eigenvalue weighted by atomic mass is 32.1. The molecule has 5 nitrogen and oxygen atoms in total. The van der Waals surface area contributed by atoms with Crippen molar-refractivity contribution in [1.29, 1.82) is 0 Å². The SMILES string of the molecule is CCCCCCCCCCCCCCCCNC(=S)N/N=C/c1ccc(O)cc1O. The number of hydrogen-bond donors (Lipinski definition) is 4. The molecule has 4 N–H and O–H groups in total. The molecular formula is C24H41N3O2S. The van der Waals surface area contributed by atoms with Gasteiger partial charge in [-0.2, -0.15) is 5.10 Å². The van der Waals surface area contributed by atoms with E-state index in [0.717, 1.165) is 13.0 Å². The summed E-state index contributed by atoms with van der Waals surface area (Å²) in [5.74, 6) is -0.00945. The summed E-state index contributed by atoms with van der Waals surface area (Å²) >= 11 is 5.18. The molecule has 170 valence electrons. The van der Waals surface area contributed by atoms with Gasteiger partial charge in [0.1, 0.15) is 11.5 Å². The molecule has 0 unspecified atom stereocenters. The summed E-state index contributed by atoms with van der Waals surface area (Å²) in [4.78, 5) is 0. The van der Waals surface area contributed by atoms with Gasteiger partial charge < -0.3 is 15.5 Å². The first-order chi connectivity index (χ1) is 14.6. The van der Waals surface area contributed by atoms with E-state index in [9.17, 15) is 10.2 Å². The Labute approximate surface area is 188 Å². The van der Waals surface area contributed by atoms with Crippen molar-refractivity contribution >= 4 is 23.5 Å². The van der Waals surface area contributed by atoms with Crippen LogP contribution >= 0.6 is 12.2 Å². The van der Waals surface area contributed by atoms with Crippen LogP contribution in [-0.4, -0.2) is 28.1 Å². The molecule has 0 heterocycles. The molecule has 0 fully saturated rings.